The molecule has 0 aliphatic heterocycles. The zero-order valence-electron chi connectivity index (χ0n) is 13.5. The Bertz CT molecular complexity index is 341. The molecular formula is C15H28N2O4. The zero-order valence-corrected chi connectivity index (χ0v) is 13.5. The molecule has 2 unspecified atom stereocenters. The molecule has 1 saturated carbocycles. The lowest BCUT2D eigenvalue weighted by Gasteiger charge is -2.30. The van der Waals surface area contributed by atoms with Gasteiger partial charge in [0.2, 0.25) is 11.8 Å². The average Bonchev–Trinajstić information content (AvgIpc) is 2.49. The van der Waals surface area contributed by atoms with Crippen molar-refractivity contribution in [3.63, 3.8) is 0 Å². The molecule has 0 aromatic carbocycles. The second-order valence-corrected chi connectivity index (χ2v) is 5.71. The van der Waals surface area contributed by atoms with Crippen LogP contribution in [0.25, 0.3) is 0 Å². The Morgan fingerprint density at radius 2 is 1.86 bits per heavy atom. The van der Waals surface area contributed by atoms with Gasteiger partial charge in [-0.25, -0.2) is 0 Å². The molecule has 2 amide bonds. The summed E-state index contributed by atoms with van der Waals surface area (Å²) in [5.74, 6) is 0.0296. The summed E-state index contributed by atoms with van der Waals surface area (Å²) >= 11 is 0. The molecule has 2 N–H and O–H groups in total. The first kappa shape index (κ1) is 17.9. The van der Waals surface area contributed by atoms with Crippen molar-refractivity contribution >= 4 is 11.8 Å². The molecule has 1 aliphatic carbocycles. The first-order valence-corrected chi connectivity index (χ1v) is 7.61. The minimum Gasteiger partial charge on any atom is -0.381 e. The maximum atomic E-state index is 11.8. The van der Waals surface area contributed by atoms with Gasteiger partial charge in [-0.1, -0.05) is 0 Å². The number of nitrogens with one attached hydrogen (secondary N) is 2. The Labute approximate surface area is 126 Å². The molecule has 1 fully saturated rings. The van der Waals surface area contributed by atoms with Crippen molar-refractivity contribution in [3.8, 4) is 0 Å². The van der Waals surface area contributed by atoms with E-state index in [9.17, 15) is 9.59 Å². The molecule has 1 aliphatic rings. The second-order valence-electron chi connectivity index (χ2n) is 5.71. The molecular weight excluding hydrogens is 272 g/mol. The fraction of sp³-hybridized carbons (Fsp3) is 0.867. The quantitative estimate of drug-likeness (QED) is 0.731. The maximum absolute atomic E-state index is 11.8. The van der Waals surface area contributed by atoms with Crippen LogP contribution in [0.1, 0.15) is 39.5 Å². The Morgan fingerprint density at radius 3 is 2.33 bits per heavy atom. The van der Waals surface area contributed by atoms with Gasteiger partial charge in [0.25, 0.3) is 0 Å². The highest BCUT2D eigenvalue weighted by Gasteiger charge is 2.27. The molecule has 0 bridgehead atoms. The highest BCUT2D eigenvalue weighted by Crippen LogP contribution is 2.26. The largest absolute Gasteiger partial charge is 0.381 e. The van der Waals surface area contributed by atoms with Crippen LogP contribution in [0.4, 0.5) is 0 Å². The van der Waals surface area contributed by atoms with E-state index in [4.69, 9.17) is 9.47 Å². The number of carbonyl (C=O) groups excluding carboxylic acids is 2. The monoisotopic (exact) mass is 300 g/mol. The average molecular weight is 300 g/mol. The van der Waals surface area contributed by atoms with Crippen molar-refractivity contribution in [2.24, 2.45) is 5.92 Å². The van der Waals surface area contributed by atoms with Crippen molar-refractivity contribution in [1.29, 1.82) is 0 Å². The third-order valence-corrected chi connectivity index (χ3v) is 4.08. The lowest BCUT2D eigenvalue weighted by Crippen LogP contribution is -2.52. The molecule has 0 aromatic heterocycles. The summed E-state index contributed by atoms with van der Waals surface area (Å²) in [4.78, 5) is 23.0. The van der Waals surface area contributed by atoms with E-state index in [0.29, 0.717) is 18.6 Å². The second kappa shape index (κ2) is 9.00. The Morgan fingerprint density at radius 1 is 1.24 bits per heavy atom. The summed E-state index contributed by atoms with van der Waals surface area (Å²) in [6.45, 7) is 3.83. The SMILES string of the molecule is CNC(=O)C(NC(C)=O)C(C)OCC1CCC(OC)CC1. The minimum atomic E-state index is -0.650. The van der Waals surface area contributed by atoms with Gasteiger partial charge in [-0.3, -0.25) is 9.59 Å². The van der Waals surface area contributed by atoms with Gasteiger partial charge in [0, 0.05) is 27.7 Å². The predicted molar refractivity (Wildman–Crippen MR) is 79.8 cm³/mol. The van der Waals surface area contributed by atoms with Gasteiger partial charge < -0.3 is 20.1 Å². The van der Waals surface area contributed by atoms with Crippen LogP contribution in [0.3, 0.4) is 0 Å². The number of ether oxygens (including phenoxy) is 2. The van der Waals surface area contributed by atoms with Gasteiger partial charge in [-0.15, -0.1) is 0 Å². The number of likely N-dealkylation sites (N-methyl/N-ethyl adjacent to an activating group) is 1. The summed E-state index contributed by atoms with van der Waals surface area (Å²) in [6.07, 6.45) is 4.30. The van der Waals surface area contributed by atoms with Crippen LogP contribution in [-0.2, 0) is 19.1 Å². The lowest BCUT2D eigenvalue weighted by atomic mass is 9.88. The van der Waals surface area contributed by atoms with Gasteiger partial charge in [0.15, 0.2) is 0 Å². The molecule has 6 nitrogen and oxygen atoms in total. The van der Waals surface area contributed by atoms with Crippen LogP contribution < -0.4 is 10.6 Å². The first-order chi connectivity index (χ1) is 9.97. The van der Waals surface area contributed by atoms with Gasteiger partial charge in [-0.05, 0) is 38.5 Å². The molecule has 1 rings (SSSR count). The molecule has 0 spiro atoms. The van der Waals surface area contributed by atoms with Crippen molar-refractivity contribution in [3.05, 3.63) is 0 Å². The number of carbonyl (C=O) groups is 2. The van der Waals surface area contributed by atoms with Crippen molar-refractivity contribution < 1.29 is 19.1 Å². The molecule has 0 radical (unpaired) electrons. The number of rotatable bonds is 7. The van der Waals surface area contributed by atoms with Crippen LogP contribution in [0.15, 0.2) is 0 Å². The van der Waals surface area contributed by atoms with Crippen molar-refractivity contribution in [2.75, 3.05) is 20.8 Å². The van der Waals surface area contributed by atoms with Gasteiger partial charge in [-0.2, -0.15) is 0 Å². The van der Waals surface area contributed by atoms with E-state index >= 15 is 0 Å². The third-order valence-electron chi connectivity index (χ3n) is 4.08. The highest BCUT2D eigenvalue weighted by molar-refractivity contribution is 5.87. The Balaban J connectivity index is 2.41. The molecule has 0 heterocycles. The lowest BCUT2D eigenvalue weighted by molar-refractivity contribution is -0.132. The number of hydrogen-bond donors (Lipinski definition) is 2. The number of amides is 2. The van der Waals surface area contributed by atoms with Crippen LogP contribution in [0, 0.1) is 5.92 Å². The highest BCUT2D eigenvalue weighted by atomic mass is 16.5. The van der Waals surface area contributed by atoms with E-state index in [1.54, 1.807) is 14.2 Å². The Hall–Kier alpha value is -1.14. The first-order valence-electron chi connectivity index (χ1n) is 7.61. The Kier molecular flexibility index (Phi) is 7.67. The minimum absolute atomic E-state index is 0.235. The summed E-state index contributed by atoms with van der Waals surface area (Å²) < 4.78 is 11.2. The zero-order chi connectivity index (χ0) is 15.8. The maximum Gasteiger partial charge on any atom is 0.245 e. The molecule has 122 valence electrons. The van der Waals surface area contributed by atoms with E-state index < -0.39 is 6.04 Å². The smallest absolute Gasteiger partial charge is 0.245 e. The molecule has 0 aromatic rings. The molecule has 21 heavy (non-hydrogen) atoms. The van der Waals surface area contributed by atoms with Crippen molar-refractivity contribution in [2.45, 2.75) is 57.8 Å². The fourth-order valence-electron chi connectivity index (χ4n) is 2.69. The van der Waals surface area contributed by atoms with E-state index in [0.717, 1.165) is 25.7 Å². The van der Waals surface area contributed by atoms with Gasteiger partial charge in [0.05, 0.1) is 12.2 Å². The fourth-order valence-corrected chi connectivity index (χ4v) is 2.69. The summed E-state index contributed by atoms with van der Waals surface area (Å²) in [5, 5.41) is 5.19. The van der Waals surface area contributed by atoms with Gasteiger partial charge >= 0.3 is 0 Å². The molecule has 6 heteroatoms. The summed E-state index contributed by atoms with van der Waals surface area (Å²) in [6, 6.07) is -0.650. The summed E-state index contributed by atoms with van der Waals surface area (Å²) in [7, 11) is 3.31. The van der Waals surface area contributed by atoms with E-state index in [1.807, 2.05) is 6.92 Å². The van der Waals surface area contributed by atoms with E-state index in [2.05, 4.69) is 10.6 Å². The normalized spacial score (nSPS) is 25.0. The standard InChI is InChI=1S/C15H28N2O4/c1-10(14(15(19)16-3)17-11(2)18)21-9-12-5-7-13(20-4)8-6-12/h10,12-14H,5-9H2,1-4H3,(H,16,19)(H,17,18). The van der Waals surface area contributed by atoms with Crippen LogP contribution in [0.5, 0.6) is 0 Å². The van der Waals surface area contributed by atoms with Gasteiger partial charge in [0.1, 0.15) is 6.04 Å². The topological polar surface area (TPSA) is 76.7 Å². The van der Waals surface area contributed by atoms with Crippen LogP contribution in [0.2, 0.25) is 0 Å². The number of hydrogen-bond acceptors (Lipinski definition) is 4. The third kappa shape index (κ3) is 6.01. The summed E-state index contributed by atoms with van der Waals surface area (Å²) in [5.41, 5.74) is 0. The van der Waals surface area contributed by atoms with E-state index in [1.165, 1.54) is 6.92 Å². The van der Waals surface area contributed by atoms with Crippen molar-refractivity contribution in [1.82, 2.24) is 10.6 Å². The van der Waals surface area contributed by atoms with Crippen LogP contribution in [-0.4, -0.2) is 50.8 Å². The predicted octanol–water partition coefficient (Wildman–Crippen LogP) is 0.847. The van der Waals surface area contributed by atoms with E-state index in [-0.39, 0.29) is 17.9 Å². The van der Waals surface area contributed by atoms with Crippen LogP contribution >= 0.6 is 0 Å². The number of methoxy groups -OCH3 is 1. The molecule has 0 saturated heterocycles. The molecule has 2 atom stereocenters.